The predicted molar refractivity (Wildman–Crippen MR) is 107 cm³/mol. The minimum absolute atomic E-state index is 0.256. The van der Waals surface area contributed by atoms with Crippen LogP contribution in [0.15, 0.2) is 60.8 Å². The molecule has 0 atom stereocenters. The van der Waals surface area contributed by atoms with Crippen molar-refractivity contribution < 1.29 is 14.3 Å². The Labute approximate surface area is 163 Å². The number of carbonyl (C=O) groups is 1. The van der Waals surface area contributed by atoms with Gasteiger partial charge in [0, 0.05) is 12.7 Å². The monoisotopic (exact) mass is 378 g/mol. The van der Waals surface area contributed by atoms with Gasteiger partial charge in [-0.05, 0) is 42.3 Å². The second kappa shape index (κ2) is 9.36. The fourth-order valence-electron chi connectivity index (χ4n) is 2.65. The van der Waals surface area contributed by atoms with Crippen LogP contribution in [0.4, 0.5) is 11.6 Å². The number of hydrogen-bond acceptors (Lipinski definition) is 6. The van der Waals surface area contributed by atoms with Crippen molar-refractivity contribution in [2.24, 2.45) is 0 Å². The smallest absolute Gasteiger partial charge is 0.270 e. The minimum atomic E-state index is -0.256. The fourth-order valence-corrected chi connectivity index (χ4v) is 2.65. The maximum absolute atomic E-state index is 12.4. The largest absolute Gasteiger partial charge is 0.497 e. The lowest BCUT2D eigenvalue weighted by molar-refractivity contribution is 0.0949. The molecule has 1 aromatic heterocycles. The van der Waals surface area contributed by atoms with E-state index in [1.165, 1.54) is 0 Å². The first kappa shape index (κ1) is 19.2. The molecule has 144 valence electrons. The zero-order valence-corrected chi connectivity index (χ0v) is 15.8. The summed E-state index contributed by atoms with van der Waals surface area (Å²) in [5.74, 6) is 1.53. The van der Waals surface area contributed by atoms with Crippen LogP contribution in [-0.4, -0.2) is 36.6 Å². The molecule has 3 rings (SSSR count). The zero-order chi connectivity index (χ0) is 19.8. The average Bonchev–Trinajstić information content (AvgIpc) is 2.74. The molecule has 0 bridgehead atoms. The zero-order valence-electron chi connectivity index (χ0n) is 15.8. The van der Waals surface area contributed by atoms with Crippen molar-refractivity contribution in [1.29, 1.82) is 0 Å². The summed E-state index contributed by atoms with van der Waals surface area (Å²) in [6.45, 7) is 0.491. The molecule has 0 fully saturated rings. The van der Waals surface area contributed by atoms with E-state index in [0.717, 1.165) is 17.0 Å². The molecule has 0 aliphatic rings. The highest BCUT2D eigenvalue weighted by atomic mass is 16.5. The van der Waals surface area contributed by atoms with Crippen LogP contribution >= 0.6 is 0 Å². The molecule has 7 heteroatoms. The van der Waals surface area contributed by atoms with Gasteiger partial charge in [-0.3, -0.25) is 4.79 Å². The first-order valence-corrected chi connectivity index (χ1v) is 8.84. The molecule has 0 spiro atoms. The van der Waals surface area contributed by atoms with E-state index in [-0.39, 0.29) is 11.6 Å². The summed E-state index contributed by atoms with van der Waals surface area (Å²) in [5, 5.41) is 5.95. The lowest BCUT2D eigenvalue weighted by Crippen LogP contribution is -2.26. The summed E-state index contributed by atoms with van der Waals surface area (Å²) in [5.41, 5.74) is 2.10. The van der Waals surface area contributed by atoms with Gasteiger partial charge in [-0.1, -0.05) is 24.3 Å². The van der Waals surface area contributed by atoms with Crippen molar-refractivity contribution in [3.8, 4) is 11.5 Å². The molecule has 28 heavy (non-hydrogen) atoms. The molecule has 7 nitrogen and oxygen atoms in total. The molecule has 2 N–H and O–H groups in total. The molecule has 0 saturated carbocycles. The number of benzene rings is 2. The molecule has 0 radical (unpaired) electrons. The summed E-state index contributed by atoms with van der Waals surface area (Å²) in [6.07, 6.45) is 2.24. The number of rotatable bonds is 8. The van der Waals surface area contributed by atoms with Gasteiger partial charge in [0.1, 0.15) is 17.2 Å². The van der Waals surface area contributed by atoms with Crippen LogP contribution in [0.2, 0.25) is 0 Å². The van der Waals surface area contributed by atoms with Crippen LogP contribution in [0.25, 0.3) is 0 Å². The van der Waals surface area contributed by atoms with E-state index >= 15 is 0 Å². The quantitative estimate of drug-likeness (QED) is 0.626. The van der Waals surface area contributed by atoms with E-state index in [4.69, 9.17) is 9.47 Å². The number of ether oxygens (including phenoxy) is 2. The third-order valence-electron chi connectivity index (χ3n) is 4.08. The summed E-state index contributed by atoms with van der Waals surface area (Å²) >= 11 is 0. The SMILES string of the molecule is COc1cccc(CCNC(=O)c2ccnc(Nc3ccccc3OC)n2)c1. The minimum Gasteiger partial charge on any atom is -0.497 e. The maximum Gasteiger partial charge on any atom is 0.270 e. The Morgan fingerprint density at radius 1 is 1.04 bits per heavy atom. The molecule has 1 heterocycles. The number of methoxy groups -OCH3 is 2. The van der Waals surface area contributed by atoms with Crippen molar-refractivity contribution >= 4 is 17.5 Å². The van der Waals surface area contributed by atoms with Crippen molar-refractivity contribution in [3.63, 3.8) is 0 Å². The van der Waals surface area contributed by atoms with E-state index in [9.17, 15) is 4.79 Å². The molecule has 3 aromatic rings. The average molecular weight is 378 g/mol. The molecule has 0 saturated heterocycles. The van der Waals surface area contributed by atoms with Gasteiger partial charge < -0.3 is 20.1 Å². The van der Waals surface area contributed by atoms with Gasteiger partial charge in [0.2, 0.25) is 5.95 Å². The summed E-state index contributed by atoms with van der Waals surface area (Å²) in [4.78, 5) is 20.9. The predicted octanol–water partition coefficient (Wildman–Crippen LogP) is 3.21. The lowest BCUT2D eigenvalue weighted by Gasteiger charge is -2.10. The van der Waals surface area contributed by atoms with E-state index in [0.29, 0.717) is 24.7 Å². The Bertz CT molecular complexity index is 946. The van der Waals surface area contributed by atoms with Gasteiger partial charge in [0.15, 0.2) is 0 Å². The second-order valence-electron chi connectivity index (χ2n) is 5.95. The number of amides is 1. The van der Waals surface area contributed by atoms with Gasteiger partial charge in [0.05, 0.1) is 19.9 Å². The van der Waals surface area contributed by atoms with E-state index in [1.807, 2.05) is 48.5 Å². The molecule has 0 aliphatic carbocycles. The molecular weight excluding hydrogens is 356 g/mol. The Balaban J connectivity index is 1.60. The summed E-state index contributed by atoms with van der Waals surface area (Å²) in [7, 11) is 3.22. The summed E-state index contributed by atoms with van der Waals surface area (Å²) in [6, 6.07) is 16.8. The van der Waals surface area contributed by atoms with Gasteiger partial charge >= 0.3 is 0 Å². The van der Waals surface area contributed by atoms with Crippen LogP contribution in [0.5, 0.6) is 11.5 Å². The van der Waals surface area contributed by atoms with Gasteiger partial charge in [-0.2, -0.15) is 0 Å². The number of aromatic nitrogens is 2. The van der Waals surface area contributed by atoms with Crippen LogP contribution in [0.1, 0.15) is 16.1 Å². The second-order valence-corrected chi connectivity index (χ2v) is 5.95. The van der Waals surface area contributed by atoms with E-state index < -0.39 is 0 Å². The fraction of sp³-hybridized carbons (Fsp3) is 0.190. The third kappa shape index (κ3) is 4.97. The van der Waals surface area contributed by atoms with Crippen molar-refractivity contribution in [1.82, 2.24) is 15.3 Å². The standard InChI is InChI=1S/C21H22N4O3/c1-27-16-7-5-6-15(14-16)10-12-22-20(26)18-11-13-23-21(25-18)24-17-8-3-4-9-19(17)28-2/h3-9,11,13-14H,10,12H2,1-2H3,(H,22,26)(H,23,24,25). The number of anilines is 2. The van der Waals surface area contributed by atoms with Crippen LogP contribution in [0, 0.1) is 0 Å². The summed E-state index contributed by atoms with van der Waals surface area (Å²) < 4.78 is 10.5. The van der Waals surface area contributed by atoms with Gasteiger partial charge in [0.25, 0.3) is 5.91 Å². The third-order valence-corrected chi connectivity index (χ3v) is 4.08. The number of carbonyl (C=O) groups excluding carboxylic acids is 1. The Hall–Kier alpha value is -3.61. The lowest BCUT2D eigenvalue weighted by atomic mass is 10.1. The Morgan fingerprint density at radius 2 is 1.89 bits per heavy atom. The number of para-hydroxylation sites is 2. The first-order chi connectivity index (χ1) is 13.7. The molecule has 0 aliphatic heterocycles. The molecular formula is C21H22N4O3. The number of nitrogens with zero attached hydrogens (tertiary/aromatic N) is 2. The molecule has 0 unspecified atom stereocenters. The van der Waals surface area contributed by atoms with E-state index in [2.05, 4.69) is 20.6 Å². The first-order valence-electron chi connectivity index (χ1n) is 8.84. The Kier molecular flexibility index (Phi) is 6.41. The van der Waals surface area contributed by atoms with Crippen molar-refractivity contribution in [2.45, 2.75) is 6.42 Å². The maximum atomic E-state index is 12.4. The van der Waals surface area contributed by atoms with Crippen LogP contribution in [-0.2, 0) is 6.42 Å². The van der Waals surface area contributed by atoms with Gasteiger partial charge in [-0.25, -0.2) is 9.97 Å². The normalized spacial score (nSPS) is 10.2. The highest BCUT2D eigenvalue weighted by Gasteiger charge is 2.10. The number of nitrogens with one attached hydrogen (secondary N) is 2. The van der Waals surface area contributed by atoms with E-state index in [1.54, 1.807) is 26.5 Å². The molecule has 1 amide bonds. The van der Waals surface area contributed by atoms with Crippen molar-refractivity contribution in [3.05, 3.63) is 72.1 Å². The topological polar surface area (TPSA) is 85.4 Å². The van der Waals surface area contributed by atoms with Gasteiger partial charge in [-0.15, -0.1) is 0 Å². The van der Waals surface area contributed by atoms with Crippen LogP contribution < -0.4 is 20.1 Å². The highest BCUT2D eigenvalue weighted by Crippen LogP contribution is 2.25. The van der Waals surface area contributed by atoms with Crippen molar-refractivity contribution in [2.75, 3.05) is 26.1 Å². The highest BCUT2D eigenvalue weighted by molar-refractivity contribution is 5.92. The molecule has 2 aromatic carbocycles. The van der Waals surface area contributed by atoms with Crippen LogP contribution in [0.3, 0.4) is 0 Å². The number of hydrogen-bond donors (Lipinski definition) is 2. The Morgan fingerprint density at radius 3 is 2.71 bits per heavy atom.